The summed E-state index contributed by atoms with van der Waals surface area (Å²) in [5, 5.41) is 3.04. The summed E-state index contributed by atoms with van der Waals surface area (Å²) in [7, 11) is 0. The number of amidine groups is 1. The van der Waals surface area contributed by atoms with E-state index in [9.17, 15) is 0 Å². The molecule has 0 fully saturated rings. The molecule has 0 bridgehead atoms. The molecule has 2 nitrogen and oxygen atoms in total. The Morgan fingerprint density at radius 2 is 2.40 bits per heavy atom. The van der Waals surface area contributed by atoms with Crippen LogP contribution in [-0.2, 0) is 0 Å². The first-order chi connectivity index (χ1) is 4.66. The van der Waals surface area contributed by atoms with Gasteiger partial charge >= 0.3 is 0 Å². The van der Waals surface area contributed by atoms with Crippen molar-refractivity contribution in [1.82, 2.24) is 5.32 Å². The van der Waals surface area contributed by atoms with Crippen LogP contribution >= 0.6 is 0 Å². The zero-order chi connectivity index (χ0) is 7.61. The van der Waals surface area contributed by atoms with E-state index in [0.717, 1.165) is 12.3 Å². The fourth-order valence-electron chi connectivity index (χ4n) is 0.991. The Hall–Kier alpha value is -0.790. The Kier molecular flexibility index (Phi) is 1.79. The molecule has 0 amide bonds. The monoisotopic (exact) mass is 138 g/mol. The van der Waals surface area contributed by atoms with Crippen molar-refractivity contribution in [2.45, 2.75) is 32.7 Å². The molecule has 0 saturated heterocycles. The Labute approximate surface area is 62.0 Å². The minimum Gasteiger partial charge on any atom is -0.351 e. The van der Waals surface area contributed by atoms with Gasteiger partial charge in [0.25, 0.3) is 0 Å². The van der Waals surface area contributed by atoms with Crippen molar-refractivity contribution >= 4 is 5.84 Å². The van der Waals surface area contributed by atoms with Crippen LogP contribution in [0.25, 0.3) is 0 Å². The van der Waals surface area contributed by atoms with Crippen molar-refractivity contribution in [3.05, 3.63) is 12.3 Å². The summed E-state index contributed by atoms with van der Waals surface area (Å²) in [6.07, 6.45) is 5.12. The maximum Gasteiger partial charge on any atom is 0.0981 e. The Bertz CT molecular complexity index is 182. The fraction of sp³-hybridized carbons (Fsp3) is 0.625. The summed E-state index contributed by atoms with van der Waals surface area (Å²) in [4.78, 5) is 4.45. The topological polar surface area (TPSA) is 24.4 Å². The van der Waals surface area contributed by atoms with E-state index in [1.807, 2.05) is 13.1 Å². The second-order valence-corrected chi connectivity index (χ2v) is 2.89. The molecule has 0 aliphatic carbocycles. The van der Waals surface area contributed by atoms with Gasteiger partial charge in [0.1, 0.15) is 0 Å². The molecule has 1 heterocycles. The van der Waals surface area contributed by atoms with Crippen molar-refractivity contribution in [3.8, 4) is 0 Å². The van der Waals surface area contributed by atoms with Crippen molar-refractivity contribution < 1.29 is 0 Å². The van der Waals surface area contributed by atoms with Crippen LogP contribution in [-0.4, -0.2) is 11.4 Å². The fourth-order valence-corrected chi connectivity index (χ4v) is 0.991. The second-order valence-electron chi connectivity index (χ2n) is 2.89. The van der Waals surface area contributed by atoms with Crippen LogP contribution in [0.3, 0.4) is 0 Å². The molecule has 1 N–H and O–H groups in total. The maximum absolute atomic E-state index is 4.45. The number of aliphatic imine (C=N–C) groups is 1. The van der Waals surface area contributed by atoms with Crippen molar-refractivity contribution in [1.29, 1.82) is 0 Å². The third kappa shape index (κ3) is 1.38. The smallest absolute Gasteiger partial charge is 0.0981 e. The molecule has 0 aromatic rings. The van der Waals surface area contributed by atoms with Crippen LogP contribution in [0.1, 0.15) is 27.2 Å². The first-order valence-corrected chi connectivity index (χ1v) is 3.67. The summed E-state index contributed by atoms with van der Waals surface area (Å²) in [6.45, 7) is 6.26. The molecule has 56 valence electrons. The summed E-state index contributed by atoms with van der Waals surface area (Å²) >= 11 is 0. The third-order valence-corrected chi connectivity index (χ3v) is 1.87. The highest BCUT2D eigenvalue weighted by Crippen LogP contribution is 2.18. The standard InChI is InChI=1S/C8H14N2/c1-4-8(3)5-6-9-7(2)10-8/h5-6H,4H2,1-3H3,(H,9,10). The van der Waals surface area contributed by atoms with Gasteiger partial charge in [-0.2, -0.15) is 0 Å². The first-order valence-electron chi connectivity index (χ1n) is 3.67. The molecule has 0 aromatic heterocycles. The molecule has 1 aliphatic rings. The van der Waals surface area contributed by atoms with Crippen molar-refractivity contribution in [2.75, 3.05) is 0 Å². The van der Waals surface area contributed by atoms with Crippen LogP contribution in [0.2, 0.25) is 0 Å². The molecule has 2 heteroatoms. The van der Waals surface area contributed by atoms with Gasteiger partial charge < -0.3 is 5.32 Å². The first kappa shape index (κ1) is 7.32. The van der Waals surface area contributed by atoms with Crippen LogP contribution in [0.15, 0.2) is 17.3 Å². The molecule has 1 aliphatic heterocycles. The Morgan fingerprint density at radius 1 is 1.70 bits per heavy atom. The van der Waals surface area contributed by atoms with Gasteiger partial charge in [0.2, 0.25) is 0 Å². The average Bonchev–Trinajstić information content (AvgIpc) is 1.88. The van der Waals surface area contributed by atoms with Crippen LogP contribution in [0.4, 0.5) is 0 Å². The van der Waals surface area contributed by atoms with Gasteiger partial charge in [-0.05, 0) is 26.3 Å². The lowest BCUT2D eigenvalue weighted by atomic mass is 9.99. The normalized spacial score (nSPS) is 31.3. The highest BCUT2D eigenvalue weighted by molar-refractivity contribution is 5.81. The summed E-state index contributed by atoms with van der Waals surface area (Å²) < 4.78 is 0. The lowest BCUT2D eigenvalue weighted by molar-refractivity contribution is 0.556. The molecule has 0 spiro atoms. The minimum atomic E-state index is 0.0370. The predicted octanol–water partition coefficient (Wildman–Crippen LogP) is 1.69. The SMILES string of the molecule is CCC1(C)C=CNC(C)=N1. The van der Waals surface area contributed by atoms with E-state index < -0.39 is 0 Å². The molecule has 0 saturated carbocycles. The summed E-state index contributed by atoms with van der Waals surface area (Å²) in [5.74, 6) is 1.01. The van der Waals surface area contributed by atoms with Gasteiger partial charge in [-0.25, -0.2) is 0 Å². The average molecular weight is 138 g/mol. The largest absolute Gasteiger partial charge is 0.351 e. The summed E-state index contributed by atoms with van der Waals surface area (Å²) in [5.41, 5.74) is 0.0370. The number of rotatable bonds is 1. The van der Waals surface area contributed by atoms with E-state index in [-0.39, 0.29) is 5.54 Å². The van der Waals surface area contributed by atoms with Gasteiger partial charge in [-0.3, -0.25) is 4.99 Å². The molecule has 10 heavy (non-hydrogen) atoms. The van der Waals surface area contributed by atoms with E-state index >= 15 is 0 Å². The second kappa shape index (κ2) is 2.45. The van der Waals surface area contributed by atoms with Gasteiger partial charge in [-0.1, -0.05) is 6.92 Å². The Balaban J connectivity index is 2.78. The molecule has 1 rings (SSSR count). The minimum absolute atomic E-state index is 0.0370. The van der Waals surface area contributed by atoms with Gasteiger partial charge in [0.15, 0.2) is 0 Å². The molecular formula is C8H14N2. The van der Waals surface area contributed by atoms with E-state index in [1.54, 1.807) is 0 Å². The van der Waals surface area contributed by atoms with Gasteiger partial charge in [-0.15, -0.1) is 0 Å². The molecule has 0 radical (unpaired) electrons. The molecule has 1 unspecified atom stereocenters. The lowest BCUT2D eigenvalue weighted by Crippen LogP contribution is -2.29. The van der Waals surface area contributed by atoms with E-state index in [0.29, 0.717) is 0 Å². The van der Waals surface area contributed by atoms with Crippen LogP contribution in [0, 0.1) is 0 Å². The number of hydrogen-bond acceptors (Lipinski definition) is 2. The van der Waals surface area contributed by atoms with Gasteiger partial charge in [0.05, 0.1) is 11.4 Å². The number of nitrogens with zero attached hydrogens (tertiary/aromatic N) is 1. The predicted molar refractivity (Wildman–Crippen MR) is 44.1 cm³/mol. The summed E-state index contributed by atoms with van der Waals surface area (Å²) in [6, 6.07) is 0. The zero-order valence-electron chi connectivity index (χ0n) is 6.81. The third-order valence-electron chi connectivity index (χ3n) is 1.87. The molecular weight excluding hydrogens is 124 g/mol. The van der Waals surface area contributed by atoms with Crippen LogP contribution < -0.4 is 5.32 Å². The van der Waals surface area contributed by atoms with E-state index in [4.69, 9.17) is 0 Å². The highest BCUT2D eigenvalue weighted by Gasteiger charge is 2.18. The van der Waals surface area contributed by atoms with E-state index in [1.165, 1.54) is 0 Å². The lowest BCUT2D eigenvalue weighted by Gasteiger charge is -2.23. The number of hydrogen-bond donors (Lipinski definition) is 1. The zero-order valence-corrected chi connectivity index (χ0v) is 6.81. The highest BCUT2D eigenvalue weighted by atomic mass is 15.0. The van der Waals surface area contributed by atoms with E-state index in [2.05, 4.69) is 30.2 Å². The van der Waals surface area contributed by atoms with Crippen LogP contribution in [0.5, 0.6) is 0 Å². The molecule has 0 aromatic carbocycles. The quantitative estimate of drug-likeness (QED) is 0.586. The van der Waals surface area contributed by atoms with Gasteiger partial charge in [0, 0.05) is 6.20 Å². The Morgan fingerprint density at radius 3 is 2.80 bits per heavy atom. The van der Waals surface area contributed by atoms with Crippen molar-refractivity contribution in [2.24, 2.45) is 4.99 Å². The number of nitrogens with one attached hydrogen (secondary N) is 1. The molecule has 1 atom stereocenters. The maximum atomic E-state index is 4.45. The van der Waals surface area contributed by atoms with Crippen molar-refractivity contribution in [3.63, 3.8) is 0 Å².